The van der Waals surface area contributed by atoms with Gasteiger partial charge < -0.3 is 19.5 Å². The second-order valence-electron chi connectivity index (χ2n) is 5.88. The summed E-state index contributed by atoms with van der Waals surface area (Å²) in [4.78, 5) is 11.8. The van der Waals surface area contributed by atoms with E-state index in [1.807, 2.05) is 31.2 Å². The van der Waals surface area contributed by atoms with Gasteiger partial charge in [-0.15, -0.1) is 0 Å². The monoisotopic (exact) mass is 309 g/mol. The summed E-state index contributed by atoms with van der Waals surface area (Å²) in [6.07, 6.45) is 0. The zero-order valence-corrected chi connectivity index (χ0v) is 14.1. The van der Waals surface area contributed by atoms with E-state index in [-0.39, 0.29) is 12.5 Å². The van der Waals surface area contributed by atoms with Crippen LogP contribution in [-0.2, 0) is 14.3 Å². The number of benzene rings is 1. The van der Waals surface area contributed by atoms with Gasteiger partial charge in [0, 0.05) is 20.8 Å². The number of carbonyl (C=O) groups excluding carboxylic acids is 1. The molecule has 124 valence electrons. The van der Waals surface area contributed by atoms with Gasteiger partial charge in [0.1, 0.15) is 11.4 Å². The Balaban J connectivity index is 2.39. The summed E-state index contributed by atoms with van der Waals surface area (Å²) >= 11 is 0. The molecule has 0 saturated carbocycles. The lowest BCUT2D eigenvalue weighted by Gasteiger charge is -2.27. The highest BCUT2D eigenvalue weighted by Crippen LogP contribution is 2.18. The van der Waals surface area contributed by atoms with E-state index < -0.39 is 5.60 Å². The summed E-state index contributed by atoms with van der Waals surface area (Å²) < 4.78 is 15.9. The van der Waals surface area contributed by atoms with Crippen LogP contribution in [0.15, 0.2) is 24.3 Å². The molecule has 0 bridgehead atoms. The van der Waals surface area contributed by atoms with Crippen LogP contribution in [0.25, 0.3) is 0 Å². The summed E-state index contributed by atoms with van der Waals surface area (Å²) in [5.41, 5.74) is 0.704. The normalized spacial score (nSPS) is 13.7. The van der Waals surface area contributed by atoms with Crippen LogP contribution < -0.4 is 10.1 Å². The van der Waals surface area contributed by atoms with Crippen LogP contribution in [0.5, 0.6) is 5.75 Å². The van der Waals surface area contributed by atoms with Gasteiger partial charge in [0.25, 0.3) is 5.91 Å². The molecule has 0 aromatic heterocycles. The minimum atomic E-state index is -0.538. The lowest BCUT2D eigenvalue weighted by atomic mass is 10.0. The topological polar surface area (TPSA) is 56.8 Å². The third-order valence-electron chi connectivity index (χ3n) is 3.52. The molecule has 1 N–H and O–H groups in total. The van der Waals surface area contributed by atoms with Crippen molar-refractivity contribution in [3.63, 3.8) is 0 Å². The van der Waals surface area contributed by atoms with Crippen LogP contribution in [-0.4, -0.2) is 45.5 Å². The van der Waals surface area contributed by atoms with Gasteiger partial charge in [-0.2, -0.15) is 0 Å². The molecule has 0 saturated heterocycles. The van der Waals surface area contributed by atoms with E-state index >= 15 is 0 Å². The number of ether oxygens (including phenoxy) is 3. The number of carbonyl (C=O) groups is 1. The first-order valence-electron chi connectivity index (χ1n) is 7.44. The third-order valence-corrected chi connectivity index (χ3v) is 3.52. The fourth-order valence-electron chi connectivity index (χ4n) is 1.92. The van der Waals surface area contributed by atoms with Crippen LogP contribution in [0.1, 0.15) is 32.3 Å². The lowest BCUT2D eigenvalue weighted by Crippen LogP contribution is -2.46. The number of hydrogen-bond acceptors (Lipinski definition) is 4. The van der Waals surface area contributed by atoms with Crippen molar-refractivity contribution in [2.24, 2.45) is 0 Å². The molecule has 0 radical (unpaired) electrons. The van der Waals surface area contributed by atoms with E-state index in [1.165, 1.54) is 5.56 Å². The maximum Gasteiger partial charge on any atom is 0.258 e. The molecule has 22 heavy (non-hydrogen) atoms. The fraction of sp³-hybridized carbons (Fsp3) is 0.588. The van der Waals surface area contributed by atoms with Crippen molar-refractivity contribution in [3.8, 4) is 5.75 Å². The summed E-state index contributed by atoms with van der Waals surface area (Å²) in [6, 6.07) is 7.79. The van der Waals surface area contributed by atoms with Crippen molar-refractivity contribution in [2.45, 2.75) is 32.3 Å². The van der Waals surface area contributed by atoms with E-state index in [1.54, 1.807) is 14.2 Å². The van der Waals surface area contributed by atoms with Crippen molar-refractivity contribution in [1.82, 2.24) is 5.32 Å². The molecule has 1 amide bonds. The van der Waals surface area contributed by atoms with Crippen molar-refractivity contribution in [3.05, 3.63) is 29.8 Å². The largest absolute Gasteiger partial charge is 0.484 e. The molecular weight excluding hydrogens is 282 g/mol. The minimum absolute atomic E-state index is 0.0200. The molecule has 5 heteroatoms. The number of amides is 1. The number of methoxy groups -OCH3 is 2. The maximum atomic E-state index is 11.8. The van der Waals surface area contributed by atoms with Crippen molar-refractivity contribution in [2.75, 3.05) is 34.0 Å². The Morgan fingerprint density at radius 2 is 1.86 bits per heavy atom. The first-order valence-corrected chi connectivity index (χ1v) is 7.44. The first kappa shape index (κ1) is 18.5. The Kier molecular flexibility index (Phi) is 7.35. The van der Waals surface area contributed by atoms with Gasteiger partial charge in [0.15, 0.2) is 6.61 Å². The van der Waals surface area contributed by atoms with Crippen LogP contribution in [0.2, 0.25) is 0 Å². The molecule has 1 aromatic rings. The highest BCUT2D eigenvalue weighted by molar-refractivity contribution is 5.77. The van der Waals surface area contributed by atoms with Gasteiger partial charge >= 0.3 is 0 Å². The molecule has 0 aliphatic rings. The highest BCUT2D eigenvalue weighted by atomic mass is 16.5. The standard InChI is InChI=1S/C17H27NO4/c1-13(2)14-6-8-15(9-7-14)22-10-16(19)18-11-17(3,21-5)12-20-4/h6-9,13H,10-12H2,1-5H3,(H,18,19)/t17-/m0/s1. The smallest absolute Gasteiger partial charge is 0.258 e. The predicted octanol–water partition coefficient (Wildman–Crippen LogP) is 2.36. The average molecular weight is 309 g/mol. The zero-order valence-electron chi connectivity index (χ0n) is 14.1. The molecule has 0 aliphatic heterocycles. The van der Waals surface area contributed by atoms with Gasteiger partial charge in [-0.1, -0.05) is 26.0 Å². The van der Waals surface area contributed by atoms with Gasteiger partial charge in [-0.05, 0) is 30.5 Å². The van der Waals surface area contributed by atoms with Crippen LogP contribution >= 0.6 is 0 Å². The summed E-state index contributed by atoms with van der Waals surface area (Å²) in [5.74, 6) is 0.975. The molecule has 0 fully saturated rings. The van der Waals surface area contributed by atoms with Crippen molar-refractivity contribution < 1.29 is 19.0 Å². The fourth-order valence-corrected chi connectivity index (χ4v) is 1.92. The first-order chi connectivity index (χ1) is 10.4. The van der Waals surface area contributed by atoms with E-state index in [9.17, 15) is 4.79 Å². The van der Waals surface area contributed by atoms with Crippen LogP contribution in [0, 0.1) is 0 Å². The highest BCUT2D eigenvalue weighted by Gasteiger charge is 2.24. The number of nitrogens with one attached hydrogen (secondary N) is 1. The van der Waals surface area contributed by atoms with Gasteiger partial charge in [-0.3, -0.25) is 4.79 Å². The molecule has 0 heterocycles. The molecule has 0 spiro atoms. The lowest BCUT2D eigenvalue weighted by molar-refractivity contribution is -0.125. The summed E-state index contributed by atoms with van der Waals surface area (Å²) in [5, 5.41) is 2.79. The number of rotatable bonds is 9. The molecular formula is C17H27NO4. The van der Waals surface area contributed by atoms with Gasteiger partial charge in [0.05, 0.1) is 6.61 Å². The van der Waals surface area contributed by atoms with Crippen LogP contribution in [0.3, 0.4) is 0 Å². The SMILES string of the molecule is COC[C@](C)(CNC(=O)COc1ccc(C(C)C)cc1)OC. The molecule has 1 aromatic carbocycles. The van der Waals surface area contributed by atoms with E-state index in [2.05, 4.69) is 19.2 Å². The van der Waals surface area contributed by atoms with E-state index in [0.29, 0.717) is 24.8 Å². The Labute approximate surface area is 132 Å². The quantitative estimate of drug-likeness (QED) is 0.761. The zero-order chi connectivity index (χ0) is 16.6. The van der Waals surface area contributed by atoms with E-state index in [0.717, 1.165) is 0 Å². The predicted molar refractivity (Wildman–Crippen MR) is 86.3 cm³/mol. The second kappa shape index (κ2) is 8.76. The maximum absolute atomic E-state index is 11.8. The average Bonchev–Trinajstić information content (AvgIpc) is 2.51. The molecule has 5 nitrogen and oxygen atoms in total. The van der Waals surface area contributed by atoms with Crippen molar-refractivity contribution >= 4 is 5.91 Å². The summed E-state index contributed by atoms with van der Waals surface area (Å²) in [7, 11) is 3.20. The Bertz CT molecular complexity index is 458. The van der Waals surface area contributed by atoms with E-state index in [4.69, 9.17) is 14.2 Å². The summed E-state index contributed by atoms with van der Waals surface area (Å²) in [6.45, 7) is 6.90. The molecule has 1 atom stereocenters. The van der Waals surface area contributed by atoms with Crippen molar-refractivity contribution in [1.29, 1.82) is 0 Å². The molecule has 0 unspecified atom stereocenters. The Morgan fingerprint density at radius 3 is 2.36 bits per heavy atom. The second-order valence-corrected chi connectivity index (χ2v) is 5.88. The Hall–Kier alpha value is -1.59. The minimum Gasteiger partial charge on any atom is -0.484 e. The third kappa shape index (κ3) is 6.03. The Morgan fingerprint density at radius 1 is 1.23 bits per heavy atom. The molecule has 0 aliphatic carbocycles. The van der Waals surface area contributed by atoms with Gasteiger partial charge in [0.2, 0.25) is 0 Å². The van der Waals surface area contributed by atoms with Crippen LogP contribution in [0.4, 0.5) is 0 Å². The number of hydrogen-bond donors (Lipinski definition) is 1. The van der Waals surface area contributed by atoms with Gasteiger partial charge in [-0.25, -0.2) is 0 Å². The molecule has 1 rings (SSSR count).